The van der Waals surface area contributed by atoms with Crippen LogP contribution < -0.4 is 5.32 Å². The summed E-state index contributed by atoms with van der Waals surface area (Å²) in [5.41, 5.74) is 5.64. The molecule has 2 aliphatic rings. The summed E-state index contributed by atoms with van der Waals surface area (Å²) in [5.74, 6) is -0.296. The van der Waals surface area contributed by atoms with Crippen LogP contribution in [0.15, 0.2) is 42.5 Å². The van der Waals surface area contributed by atoms with Gasteiger partial charge in [-0.2, -0.15) is 0 Å². The van der Waals surface area contributed by atoms with Crippen molar-refractivity contribution in [2.24, 2.45) is 0 Å². The van der Waals surface area contributed by atoms with Gasteiger partial charge in [-0.15, -0.1) is 0 Å². The van der Waals surface area contributed by atoms with Crippen LogP contribution in [0.2, 0.25) is 0 Å². The van der Waals surface area contributed by atoms with Crippen molar-refractivity contribution < 1.29 is 13.2 Å². The van der Waals surface area contributed by atoms with Gasteiger partial charge in [0, 0.05) is 12.1 Å². The molecular formula is C21H23NO3S. The van der Waals surface area contributed by atoms with E-state index in [0.29, 0.717) is 0 Å². The molecule has 0 heterocycles. The van der Waals surface area contributed by atoms with Crippen LogP contribution in [0.4, 0.5) is 5.69 Å². The van der Waals surface area contributed by atoms with Gasteiger partial charge in [0.25, 0.3) is 0 Å². The molecule has 0 bridgehead atoms. The molecular weight excluding hydrogens is 346 g/mol. The Labute approximate surface area is 154 Å². The zero-order valence-electron chi connectivity index (χ0n) is 14.7. The number of amides is 1. The third-order valence-electron chi connectivity index (χ3n) is 5.51. The first-order valence-electron chi connectivity index (χ1n) is 9.25. The van der Waals surface area contributed by atoms with Crippen molar-refractivity contribution >= 4 is 21.4 Å². The van der Waals surface area contributed by atoms with Gasteiger partial charge in [-0.3, -0.25) is 4.79 Å². The third kappa shape index (κ3) is 3.40. The van der Waals surface area contributed by atoms with Gasteiger partial charge in [0.1, 0.15) is 0 Å². The molecule has 1 saturated carbocycles. The first kappa shape index (κ1) is 17.3. The Morgan fingerprint density at radius 2 is 1.73 bits per heavy atom. The van der Waals surface area contributed by atoms with Gasteiger partial charge in [-0.1, -0.05) is 43.2 Å². The van der Waals surface area contributed by atoms with Crippen molar-refractivity contribution in [3.05, 3.63) is 53.6 Å². The van der Waals surface area contributed by atoms with E-state index in [1.807, 2.05) is 30.3 Å². The summed E-state index contributed by atoms with van der Waals surface area (Å²) in [6.07, 6.45) is 4.38. The van der Waals surface area contributed by atoms with E-state index in [1.165, 1.54) is 16.7 Å². The maximum Gasteiger partial charge on any atom is 0.225 e. The molecule has 136 valence electrons. The quantitative estimate of drug-likeness (QED) is 0.741. The van der Waals surface area contributed by atoms with Crippen LogP contribution in [0.3, 0.4) is 0 Å². The van der Waals surface area contributed by atoms with E-state index in [2.05, 4.69) is 17.4 Å². The molecule has 1 fully saturated rings. The molecule has 1 amide bonds. The third-order valence-corrected chi connectivity index (χ3v) is 7.77. The molecule has 4 nitrogen and oxygen atoms in total. The van der Waals surface area contributed by atoms with E-state index in [1.54, 1.807) is 0 Å². The molecule has 1 N–H and O–H groups in total. The minimum absolute atomic E-state index is 0.0203. The highest BCUT2D eigenvalue weighted by molar-refractivity contribution is 7.92. The second kappa shape index (κ2) is 6.88. The summed E-state index contributed by atoms with van der Waals surface area (Å²) in [6.45, 7) is 0. The lowest BCUT2D eigenvalue weighted by molar-refractivity contribution is -0.115. The zero-order valence-corrected chi connectivity index (χ0v) is 15.5. The summed E-state index contributed by atoms with van der Waals surface area (Å²) >= 11 is 0. The number of anilines is 1. The van der Waals surface area contributed by atoms with E-state index in [0.717, 1.165) is 43.4 Å². The van der Waals surface area contributed by atoms with Gasteiger partial charge >= 0.3 is 0 Å². The Hall–Kier alpha value is -2.14. The zero-order chi connectivity index (χ0) is 18.1. The fourth-order valence-electron chi connectivity index (χ4n) is 4.07. The highest BCUT2D eigenvalue weighted by Crippen LogP contribution is 2.37. The number of carbonyl (C=O) groups is 1. The minimum atomic E-state index is -3.16. The summed E-state index contributed by atoms with van der Waals surface area (Å²) in [6, 6.07) is 14.2. The lowest BCUT2D eigenvalue weighted by Gasteiger charge is -2.11. The van der Waals surface area contributed by atoms with Crippen molar-refractivity contribution in [2.45, 2.75) is 43.8 Å². The molecule has 2 aromatic rings. The first-order valence-corrected chi connectivity index (χ1v) is 11.0. The number of nitrogens with one attached hydrogen (secondary N) is 1. The highest BCUT2D eigenvalue weighted by Gasteiger charge is 2.29. The highest BCUT2D eigenvalue weighted by atomic mass is 32.2. The summed E-state index contributed by atoms with van der Waals surface area (Å²) in [4.78, 5) is 12.2. The van der Waals surface area contributed by atoms with Crippen molar-refractivity contribution in [3.8, 4) is 11.1 Å². The molecule has 2 aliphatic carbocycles. The van der Waals surface area contributed by atoms with Crippen molar-refractivity contribution in [3.63, 3.8) is 0 Å². The molecule has 26 heavy (non-hydrogen) atoms. The number of carbonyl (C=O) groups excluding carboxylic acids is 1. The minimum Gasteiger partial charge on any atom is -0.326 e. The number of sulfone groups is 1. The Balaban J connectivity index is 1.42. The number of hydrogen-bond acceptors (Lipinski definition) is 3. The van der Waals surface area contributed by atoms with Gasteiger partial charge in [0.2, 0.25) is 5.91 Å². The fraction of sp³-hybridized carbons (Fsp3) is 0.381. The maximum atomic E-state index is 12.3. The average Bonchev–Trinajstić information content (AvgIpc) is 3.28. The Morgan fingerprint density at radius 3 is 2.54 bits per heavy atom. The predicted molar refractivity (Wildman–Crippen MR) is 104 cm³/mol. The van der Waals surface area contributed by atoms with Crippen LogP contribution in [0, 0.1) is 0 Å². The van der Waals surface area contributed by atoms with Crippen molar-refractivity contribution in [1.29, 1.82) is 0 Å². The molecule has 0 atom stereocenters. The lowest BCUT2D eigenvalue weighted by atomic mass is 10.1. The lowest BCUT2D eigenvalue weighted by Crippen LogP contribution is -2.24. The van der Waals surface area contributed by atoms with Gasteiger partial charge < -0.3 is 5.32 Å². The van der Waals surface area contributed by atoms with Crippen LogP contribution in [-0.2, 0) is 21.1 Å². The number of fused-ring (bicyclic) bond motifs is 3. The van der Waals surface area contributed by atoms with E-state index < -0.39 is 9.84 Å². The monoisotopic (exact) mass is 369 g/mol. The Bertz CT molecular complexity index is 943. The topological polar surface area (TPSA) is 63.2 Å². The summed E-state index contributed by atoms with van der Waals surface area (Å²) in [5, 5.41) is 2.62. The van der Waals surface area contributed by atoms with Crippen molar-refractivity contribution in [1.82, 2.24) is 0 Å². The van der Waals surface area contributed by atoms with Crippen LogP contribution in [0.25, 0.3) is 11.1 Å². The molecule has 0 unspecified atom stereocenters. The predicted octanol–water partition coefficient (Wildman–Crippen LogP) is 3.94. The van der Waals surface area contributed by atoms with Crippen LogP contribution in [-0.4, -0.2) is 25.3 Å². The van der Waals surface area contributed by atoms with Gasteiger partial charge in [0.15, 0.2) is 9.84 Å². The van der Waals surface area contributed by atoms with Crippen LogP contribution in [0.5, 0.6) is 0 Å². The second-order valence-corrected chi connectivity index (χ2v) is 9.68. The molecule has 2 aromatic carbocycles. The second-order valence-electron chi connectivity index (χ2n) is 7.28. The molecule has 0 aliphatic heterocycles. The summed E-state index contributed by atoms with van der Waals surface area (Å²) < 4.78 is 24.6. The van der Waals surface area contributed by atoms with E-state index >= 15 is 0 Å². The van der Waals surface area contributed by atoms with Gasteiger partial charge in [-0.25, -0.2) is 8.42 Å². The van der Waals surface area contributed by atoms with Gasteiger partial charge in [-0.05, 0) is 53.6 Å². The average molecular weight is 369 g/mol. The molecule has 0 radical (unpaired) electrons. The molecule has 0 saturated heterocycles. The number of hydrogen-bond donors (Lipinski definition) is 1. The van der Waals surface area contributed by atoms with Crippen molar-refractivity contribution in [2.75, 3.05) is 11.1 Å². The normalized spacial score (nSPS) is 16.3. The number of rotatable bonds is 5. The van der Waals surface area contributed by atoms with E-state index in [4.69, 9.17) is 0 Å². The molecule has 4 rings (SSSR count). The Morgan fingerprint density at radius 1 is 1.00 bits per heavy atom. The van der Waals surface area contributed by atoms with Gasteiger partial charge in [0.05, 0.1) is 11.0 Å². The fourth-order valence-corrected chi connectivity index (χ4v) is 5.93. The Kier molecular flexibility index (Phi) is 4.57. The first-order chi connectivity index (χ1) is 12.5. The number of benzene rings is 2. The molecule has 0 spiro atoms. The standard InChI is InChI=1S/C21H23NO3S/c23-21(11-12-26(24,25)18-6-2-3-7-18)22-17-10-9-16-13-15-5-1-4-8-19(15)20(16)14-17/h1,4-5,8-10,14,18H,2-3,6-7,11-13H2,(H,22,23). The van der Waals surface area contributed by atoms with E-state index in [-0.39, 0.29) is 23.3 Å². The molecule has 5 heteroatoms. The van der Waals surface area contributed by atoms with Crippen LogP contribution in [0.1, 0.15) is 43.2 Å². The smallest absolute Gasteiger partial charge is 0.225 e. The summed E-state index contributed by atoms with van der Waals surface area (Å²) in [7, 11) is -3.16. The molecule has 0 aromatic heterocycles. The largest absolute Gasteiger partial charge is 0.326 e. The van der Waals surface area contributed by atoms with E-state index in [9.17, 15) is 13.2 Å². The van der Waals surface area contributed by atoms with Crippen LogP contribution >= 0.6 is 0 Å². The SMILES string of the molecule is O=C(CCS(=O)(=O)C1CCCC1)Nc1ccc2c(c1)-c1ccccc1C2. The maximum absolute atomic E-state index is 12.3.